The minimum atomic E-state index is 0.500. The van der Waals surface area contributed by atoms with Crippen LogP contribution in [-0.2, 0) is 0 Å². The summed E-state index contributed by atoms with van der Waals surface area (Å²) >= 11 is 0. The van der Waals surface area contributed by atoms with Crippen LogP contribution in [0.3, 0.4) is 0 Å². The average Bonchev–Trinajstić information content (AvgIpc) is 3.30. The highest BCUT2D eigenvalue weighted by Gasteiger charge is 2.39. The van der Waals surface area contributed by atoms with Crippen molar-refractivity contribution in [3.05, 3.63) is 73.1 Å². The van der Waals surface area contributed by atoms with E-state index in [1.54, 1.807) is 7.11 Å². The van der Waals surface area contributed by atoms with Crippen molar-refractivity contribution in [2.24, 2.45) is 5.92 Å². The van der Waals surface area contributed by atoms with Gasteiger partial charge in [0.05, 0.1) is 12.6 Å². The number of piperidine rings is 3. The summed E-state index contributed by atoms with van der Waals surface area (Å²) in [7, 11) is 1.69. The van der Waals surface area contributed by atoms with Crippen molar-refractivity contribution < 1.29 is 4.74 Å². The third-order valence-corrected chi connectivity index (χ3v) is 7.63. The van der Waals surface area contributed by atoms with Gasteiger partial charge in [-0.2, -0.15) is 0 Å². The highest BCUT2D eigenvalue weighted by Crippen LogP contribution is 2.34. The first-order valence-corrected chi connectivity index (χ1v) is 11.9. The van der Waals surface area contributed by atoms with E-state index in [9.17, 15) is 0 Å². The fourth-order valence-corrected chi connectivity index (χ4v) is 5.66. The van der Waals surface area contributed by atoms with Gasteiger partial charge in [0.25, 0.3) is 0 Å². The molecule has 0 radical (unpaired) electrons. The number of anilines is 1. The first-order chi connectivity index (χ1) is 16.2. The Kier molecular flexibility index (Phi) is 5.07. The van der Waals surface area contributed by atoms with E-state index in [4.69, 9.17) is 9.72 Å². The van der Waals surface area contributed by atoms with Crippen LogP contribution in [0.25, 0.3) is 27.7 Å². The number of methoxy groups -OCH3 is 1. The van der Waals surface area contributed by atoms with Gasteiger partial charge in [-0.25, -0.2) is 4.98 Å². The molecule has 1 N–H and O–H groups in total. The van der Waals surface area contributed by atoms with E-state index in [-0.39, 0.29) is 0 Å². The Morgan fingerprint density at radius 3 is 2.42 bits per heavy atom. The van der Waals surface area contributed by atoms with Crippen LogP contribution < -0.4 is 10.1 Å². The Morgan fingerprint density at radius 1 is 0.939 bits per heavy atom. The molecule has 2 aromatic carbocycles. The molecule has 0 aliphatic carbocycles. The first-order valence-electron chi connectivity index (χ1n) is 11.9. The molecule has 0 unspecified atom stereocenters. The molecule has 4 aromatic rings. The molecule has 3 aliphatic heterocycles. The highest BCUT2D eigenvalue weighted by molar-refractivity contribution is 5.87. The smallest absolute Gasteiger partial charge is 0.126 e. The Hall–Kier alpha value is -3.31. The van der Waals surface area contributed by atoms with Crippen LogP contribution in [0.15, 0.2) is 73.1 Å². The number of hydrogen-bond acceptors (Lipinski definition) is 4. The number of nitrogens with zero attached hydrogens (tertiary/aromatic N) is 3. The van der Waals surface area contributed by atoms with Crippen molar-refractivity contribution in [1.82, 2.24) is 14.5 Å². The number of nitrogens with one attached hydrogen (secondary N) is 1. The van der Waals surface area contributed by atoms with Crippen LogP contribution in [0, 0.1) is 5.92 Å². The van der Waals surface area contributed by atoms with Crippen molar-refractivity contribution in [2.75, 3.05) is 25.5 Å². The first kappa shape index (κ1) is 20.3. The summed E-state index contributed by atoms with van der Waals surface area (Å²) in [6.07, 6.45) is 6.72. The van der Waals surface area contributed by atoms with E-state index in [0.717, 1.165) is 28.7 Å². The van der Waals surface area contributed by atoms with E-state index < -0.39 is 0 Å². The molecule has 3 saturated heterocycles. The molecule has 2 aromatic heterocycles. The number of rotatable bonds is 5. The molecule has 5 heterocycles. The zero-order valence-corrected chi connectivity index (χ0v) is 19.2. The van der Waals surface area contributed by atoms with E-state index in [2.05, 4.69) is 76.4 Å². The molecule has 168 valence electrons. The van der Waals surface area contributed by atoms with E-state index in [0.29, 0.717) is 12.1 Å². The lowest BCUT2D eigenvalue weighted by Gasteiger charge is -2.50. The number of ether oxygens (including phenoxy) is 1. The van der Waals surface area contributed by atoms with Crippen LogP contribution >= 0.6 is 0 Å². The molecule has 3 fully saturated rings. The van der Waals surface area contributed by atoms with Crippen LogP contribution in [0.1, 0.15) is 19.8 Å². The Bertz CT molecular complexity index is 1250. The van der Waals surface area contributed by atoms with E-state index in [1.165, 1.54) is 42.4 Å². The molecule has 7 rings (SSSR count). The maximum Gasteiger partial charge on any atom is 0.126 e. The predicted molar refractivity (Wildman–Crippen MR) is 134 cm³/mol. The molecule has 0 saturated carbocycles. The molecule has 0 amide bonds. The molecule has 2 atom stereocenters. The van der Waals surface area contributed by atoms with Gasteiger partial charge in [0, 0.05) is 41.1 Å². The monoisotopic (exact) mass is 438 g/mol. The van der Waals surface area contributed by atoms with Gasteiger partial charge < -0.3 is 14.6 Å². The minimum absolute atomic E-state index is 0.500. The minimum Gasteiger partial charge on any atom is -0.497 e. The van der Waals surface area contributed by atoms with Gasteiger partial charge in [-0.15, -0.1) is 0 Å². The lowest BCUT2D eigenvalue weighted by atomic mass is 9.79. The summed E-state index contributed by atoms with van der Waals surface area (Å²) in [5.41, 5.74) is 4.64. The van der Waals surface area contributed by atoms with Crippen LogP contribution in [0.2, 0.25) is 0 Å². The van der Waals surface area contributed by atoms with Gasteiger partial charge in [-0.1, -0.05) is 6.07 Å². The predicted octanol–water partition coefficient (Wildman–Crippen LogP) is 5.60. The average molecular weight is 439 g/mol. The van der Waals surface area contributed by atoms with Gasteiger partial charge in [0.2, 0.25) is 0 Å². The summed E-state index contributed by atoms with van der Waals surface area (Å²) in [6, 6.07) is 22.3. The Balaban J connectivity index is 1.22. The quantitative estimate of drug-likeness (QED) is 0.441. The topological polar surface area (TPSA) is 42.3 Å². The van der Waals surface area contributed by atoms with Gasteiger partial charge in [0.15, 0.2) is 0 Å². The fraction of sp³-hybridized carbons (Fsp3) is 0.321. The maximum atomic E-state index is 5.29. The number of benzene rings is 2. The summed E-state index contributed by atoms with van der Waals surface area (Å²) < 4.78 is 7.49. The molecule has 33 heavy (non-hydrogen) atoms. The van der Waals surface area contributed by atoms with Crippen molar-refractivity contribution in [3.63, 3.8) is 0 Å². The molecule has 2 bridgehead atoms. The molecular formula is C28H30N4O. The van der Waals surface area contributed by atoms with Crippen LogP contribution in [0.5, 0.6) is 5.75 Å². The van der Waals surface area contributed by atoms with Crippen molar-refractivity contribution in [2.45, 2.75) is 31.8 Å². The number of hydrogen-bond donors (Lipinski definition) is 1. The number of pyridine rings is 1. The third-order valence-electron chi connectivity index (χ3n) is 7.63. The molecule has 3 aliphatic rings. The molecule has 5 heteroatoms. The summed E-state index contributed by atoms with van der Waals surface area (Å²) in [6.45, 7) is 4.85. The van der Waals surface area contributed by atoms with E-state index in [1.807, 2.05) is 18.3 Å². The lowest BCUT2D eigenvalue weighted by molar-refractivity contribution is 0.0457. The molecular weight excluding hydrogens is 408 g/mol. The molecule has 5 nitrogen and oxygen atoms in total. The number of fused-ring (bicyclic) bond motifs is 4. The van der Waals surface area contributed by atoms with Crippen LogP contribution in [-0.4, -0.2) is 46.7 Å². The maximum absolute atomic E-state index is 5.29. The second-order valence-corrected chi connectivity index (χ2v) is 9.37. The summed E-state index contributed by atoms with van der Waals surface area (Å²) in [5.74, 6) is 2.62. The van der Waals surface area contributed by atoms with Gasteiger partial charge in [0.1, 0.15) is 11.6 Å². The standard InChI is InChI=1S/C28H30N4O/c1-19-28(20-11-14-31(19)15-12-20)30-27-10-4-23(18-29-27)21-3-9-26-22(17-21)13-16-32(26)24-5-7-25(33-2)8-6-24/h3-10,13,16-20,28H,11-12,14-15H2,1-2H3,(H,29,30)/t19-,28+/m1/s1. The summed E-state index contributed by atoms with van der Waals surface area (Å²) in [5, 5.41) is 4.95. The van der Waals surface area contributed by atoms with Gasteiger partial charge in [-0.05, 0) is 98.9 Å². The number of aromatic nitrogens is 2. The van der Waals surface area contributed by atoms with Crippen molar-refractivity contribution in [3.8, 4) is 22.6 Å². The zero-order chi connectivity index (χ0) is 22.4. The fourth-order valence-electron chi connectivity index (χ4n) is 5.66. The Morgan fingerprint density at radius 2 is 1.73 bits per heavy atom. The van der Waals surface area contributed by atoms with E-state index >= 15 is 0 Å². The molecule has 0 spiro atoms. The van der Waals surface area contributed by atoms with Crippen molar-refractivity contribution in [1.29, 1.82) is 0 Å². The van der Waals surface area contributed by atoms with Gasteiger partial charge in [-0.3, -0.25) is 4.90 Å². The van der Waals surface area contributed by atoms with Crippen LogP contribution in [0.4, 0.5) is 5.82 Å². The largest absolute Gasteiger partial charge is 0.497 e. The zero-order valence-electron chi connectivity index (χ0n) is 19.2. The highest BCUT2D eigenvalue weighted by atomic mass is 16.5. The lowest BCUT2D eigenvalue weighted by Crippen LogP contribution is -2.59. The SMILES string of the molecule is COc1ccc(-n2ccc3cc(-c4ccc(N[C@@H]5C6CCN(CC6)[C@@H]5C)nc4)ccc32)cc1. The van der Waals surface area contributed by atoms with Gasteiger partial charge >= 0.3 is 0 Å². The van der Waals surface area contributed by atoms with Crippen molar-refractivity contribution >= 4 is 16.7 Å². The second kappa shape index (κ2) is 8.23. The second-order valence-electron chi connectivity index (χ2n) is 9.37. The Labute approximate surface area is 195 Å². The third kappa shape index (κ3) is 3.66. The summed E-state index contributed by atoms with van der Waals surface area (Å²) in [4.78, 5) is 7.38. The normalized spacial score (nSPS) is 24.2.